The molecule has 19 heavy (non-hydrogen) atoms. The Morgan fingerprint density at radius 3 is 2.58 bits per heavy atom. The van der Waals surface area contributed by atoms with E-state index in [0.29, 0.717) is 6.42 Å². The SMILES string of the molecule is Cc1ccc(NC(=O)N(C)C(C)CC(N)=NO)cc1. The molecular weight excluding hydrogens is 244 g/mol. The second-order valence-electron chi connectivity index (χ2n) is 4.55. The predicted molar refractivity (Wildman–Crippen MR) is 75.4 cm³/mol. The number of hydrogen-bond acceptors (Lipinski definition) is 3. The van der Waals surface area contributed by atoms with Crippen LogP contribution >= 0.6 is 0 Å². The summed E-state index contributed by atoms with van der Waals surface area (Å²) in [5.74, 6) is 0.0995. The second-order valence-corrected chi connectivity index (χ2v) is 4.55. The Kier molecular flexibility index (Phi) is 5.17. The summed E-state index contributed by atoms with van der Waals surface area (Å²) in [6, 6.07) is 7.14. The summed E-state index contributed by atoms with van der Waals surface area (Å²) in [5, 5.41) is 14.2. The summed E-state index contributed by atoms with van der Waals surface area (Å²) in [6.45, 7) is 3.81. The summed E-state index contributed by atoms with van der Waals surface area (Å²) in [4.78, 5) is 13.5. The van der Waals surface area contributed by atoms with Gasteiger partial charge in [-0.25, -0.2) is 4.79 Å². The molecule has 1 aromatic rings. The van der Waals surface area contributed by atoms with Crippen LogP contribution in [-0.2, 0) is 0 Å². The van der Waals surface area contributed by atoms with Gasteiger partial charge < -0.3 is 21.2 Å². The number of carbonyl (C=O) groups is 1. The van der Waals surface area contributed by atoms with Crippen molar-refractivity contribution in [2.75, 3.05) is 12.4 Å². The van der Waals surface area contributed by atoms with E-state index in [9.17, 15) is 4.79 Å². The molecule has 1 rings (SSSR count). The third kappa shape index (κ3) is 4.50. The molecule has 0 aliphatic rings. The fourth-order valence-electron chi connectivity index (χ4n) is 1.53. The maximum absolute atomic E-state index is 12.0. The van der Waals surface area contributed by atoms with Crippen LogP contribution in [0.5, 0.6) is 0 Å². The smallest absolute Gasteiger partial charge is 0.321 e. The minimum atomic E-state index is -0.234. The molecule has 0 saturated carbocycles. The number of oxime groups is 1. The summed E-state index contributed by atoms with van der Waals surface area (Å²) in [7, 11) is 1.67. The average molecular weight is 264 g/mol. The van der Waals surface area contributed by atoms with E-state index < -0.39 is 0 Å². The van der Waals surface area contributed by atoms with Gasteiger partial charge in [0.25, 0.3) is 0 Å². The number of rotatable bonds is 4. The quantitative estimate of drug-likeness (QED) is 0.336. The molecule has 0 aromatic heterocycles. The number of benzene rings is 1. The lowest BCUT2D eigenvalue weighted by Crippen LogP contribution is -2.40. The van der Waals surface area contributed by atoms with Crippen LogP contribution in [0.3, 0.4) is 0 Å². The number of carbonyl (C=O) groups excluding carboxylic acids is 1. The highest BCUT2D eigenvalue weighted by molar-refractivity contribution is 5.90. The van der Waals surface area contributed by atoms with Crippen LogP contribution in [0, 0.1) is 6.92 Å². The van der Waals surface area contributed by atoms with Gasteiger partial charge in [-0.15, -0.1) is 0 Å². The molecule has 0 bridgehead atoms. The van der Waals surface area contributed by atoms with E-state index in [1.165, 1.54) is 4.90 Å². The summed E-state index contributed by atoms with van der Waals surface area (Å²) < 4.78 is 0. The van der Waals surface area contributed by atoms with Crippen molar-refractivity contribution in [3.05, 3.63) is 29.8 Å². The molecule has 0 aliphatic carbocycles. The Morgan fingerprint density at radius 2 is 2.05 bits per heavy atom. The molecule has 6 nitrogen and oxygen atoms in total. The fourth-order valence-corrected chi connectivity index (χ4v) is 1.53. The zero-order chi connectivity index (χ0) is 14.4. The molecule has 2 amide bonds. The number of hydrogen-bond donors (Lipinski definition) is 3. The van der Waals surface area contributed by atoms with Crippen LogP contribution < -0.4 is 11.1 Å². The fraction of sp³-hybridized carbons (Fsp3) is 0.385. The van der Waals surface area contributed by atoms with Crippen LogP contribution in [0.1, 0.15) is 18.9 Å². The monoisotopic (exact) mass is 264 g/mol. The highest BCUT2D eigenvalue weighted by Crippen LogP contribution is 2.10. The van der Waals surface area contributed by atoms with Crippen molar-refractivity contribution in [3.63, 3.8) is 0 Å². The number of nitrogens with zero attached hydrogens (tertiary/aromatic N) is 2. The molecule has 0 fully saturated rings. The van der Waals surface area contributed by atoms with Gasteiger partial charge >= 0.3 is 6.03 Å². The zero-order valence-electron chi connectivity index (χ0n) is 11.4. The largest absolute Gasteiger partial charge is 0.409 e. The van der Waals surface area contributed by atoms with Crippen molar-refractivity contribution in [1.29, 1.82) is 0 Å². The number of nitrogens with one attached hydrogen (secondary N) is 1. The molecular formula is C13H20N4O2. The number of aryl methyl sites for hydroxylation is 1. The van der Waals surface area contributed by atoms with E-state index in [1.54, 1.807) is 7.05 Å². The Labute approximate surface area is 112 Å². The Morgan fingerprint density at radius 1 is 1.47 bits per heavy atom. The molecule has 104 valence electrons. The summed E-state index contributed by atoms with van der Waals surface area (Å²) in [6.07, 6.45) is 0.314. The van der Waals surface area contributed by atoms with Gasteiger partial charge in [-0.1, -0.05) is 22.9 Å². The van der Waals surface area contributed by atoms with Crippen molar-refractivity contribution in [3.8, 4) is 0 Å². The van der Waals surface area contributed by atoms with Gasteiger partial charge in [0.2, 0.25) is 0 Å². The maximum Gasteiger partial charge on any atom is 0.321 e. The number of amidine groups is 1. The minimum Gasteiger partial charge on any atom is -0.409 e. The number of urea groups is 1. The molecule has 6 heteroatoms. The Balaban J connectivity index is 2.59. The van der Waals surface area contributed by atoms with Gasteiger partial charge in [0.05, 0.1) is 0 Å². The van der Waals surface area contributed by atoms with E-state index in [4.69, 9.17) is 10.9 Å². The van der Waals surface area contributed by atoms with E-state index in [0.717, 1.165) is 11.3 Å². The lowest BCUT2D eigenvalue weighted by molar-refractivity contribution is 0.208. The van der Waals surface area contributed by atoms with Crippen LogP contribution in [0.25, 0.3) is 0 Å². The third-order valence-corrected chi connectivity index (χ3v) is 2.92. The van der Waals surface area contributed by atoms with Gasteiger partial charge in [-0.3, -0.25) is 0 Å². The van der Waals surface area contributed by atoms with Crippen LogP contribution in [-0.4, -0.2) is 35.1 Å². The number of amides is 2. The Bertz CT molecular complexity index is 456. The zero-order valence-corrected chi connectivity index (χ0v) is 11.4. The van der Waals surface area contributed by atoms with Crippen molar-refractivity contribution in [1.82, 2.24) is 4.90 Å². The molecule has 0 saturated heterocycles. The predicted octanol–water partition coefficient (Wildman–Crippen LogP) is 1.98. The van der Waals surface area contributed by atoms with E-state index in [1.807, 2.05) is 38.1 Å². The molecule has 0 heterocycles. The first kappa shape index (κ1) is 14.8. The molecule has 0 aliphatic heterocycles. The van der Waals surface area contributed by atoms with E-state index in [-0.39, 0.29) is 17.9 Å². The number of anilines is 1. The van der Waals surface area contributed by atoms with Gasteiger partial charge in [0.1, 0.15) is 5.84 Å². The minimum absolute atomic E-state index is 0.0995. The first-order valence-electron chi connectivity index (χ1n) is 6.01. The highest BCUT2D eigenvalue weighted by Gasteiger charge is 2.17. The van der Waals surface area contributed by atoms with Gasteiger partial charge in [-0.05, 0) is 26.0 Å². The first-order valence-corrected chi connectivity index (χ1v) is 6.01. The van der Waals surface area contributed by atoms with Gasteiger partial charge in [0, 0.05) is 25.2 Å². The van der Waals surface area contributed by atoms with Crippen molar-refractivity contribution >= 4 is 17.6 Å². The lowest BCUT2D eigenvalue weighted by Gasteiger charge is -2.24. The van der Waals surface area contributed by atoms with Crippen molar-refractivity contribution in [2.45, 2.75) is 26.3 Å². The topological polar surface area (TPSA) is 91.0 Å². The van der Waals surface area contributed by atoms with Crippen LogP contribution in [0.4, 0.5) is 10.5 Å². The second kappa shape index (κ2) is 6.63. The van der Waals surface area contributed by atoms with Crippen LogP contribution in [0.2, 0.25) is 0 Å². The van der Waals surface area contributed by atoms with Crippen molar-refractivity contribution in [2.24, 2.45) is 10.9 Å². The van der Waals surface area contributed by atoms with Crippen molar-refractivity contribution < 1.29 is 10.0 Å². The first-order chi connectivity index (χ1) is 8.93. The maximum atomic E-state index is 12.0. The van der Waals surface area contributed by atoms with E-state index in [2.05, 4.69) is 10.5 Å². The average Bonchev–Trinajstić information content (AvgIpc) is 2.40. The molecule has 0 radical (unpaired) electrons. The summed E-state index contributed by atoms with van der Waals surface area (Å²) in [5.41, 5.74) is 7.29. The molecule has 1 aromatic carbocycles. The van der Waals surface area contributed by atoms with Gasteiger partial charge in [0.15, 0.2) is 0 Å². The molecule has 4 N–H and O–H groups in total. The van der Waals surface area contributed by atoms with E-state index >= 15 is 0 Å². The molecule has 0 spiro atoms. The Hall–Kier alpha value is -2.24. The molecule has 1 unspecified atom stereocenters. The standard InChI is InChI=1S/C13H20N4O2/c1-9-4-6-11(7-5-9)15-13(18)17(3)10(2)8-12(14)16-19/h4-7,10,19H,8H2,1-3H3,(H2,14,16)(H,15,18). The van der Waals surface area contributed by atoms with Gasteiger partial charge in [-0.2, -0.15) is 0 Å². The summed E-state index contributed by atoms with van der Waals surface area (Å²) >= 11 is 0. The lowest BCUT2D eigenvalue weighted by atomic mass is 10.2. The van der Waals surface area contributed by atoms with Crippen LogP contribution in [0.15, 0.2) is 29.4 Å². The molecule has 1 atom stereocenters. The third-order valence-electron chi connectivity index (χ3n) is 2.92. The number of nitrogens with two attached hydrogens (primary N) is 1. The highest BCUT2D eigenvalue weighted by atomic mass is 16.4. The normalized spacial score (nSPS) is 12.9.